The summed E-state index contributed by atoms with van der Waals surface area (Å²) in [4.78, 5) is 101. The van der Waals surface area contributed by atoms with Gasteiger partial charge in [0.05, 0.1) is 101 Å². The first-order chi connectivity index (χ1) is 59.0. The van der Waals surface area contributed by atoms with Gasteiger partial charge in [0.25, 0.3) is 0 Å². The Bertz CT molecular complexity index is 4010. The number of hydrogen-bond donors (Lipinski definition) is 11. The van der Waals surface area contributed by atoms with E-state index in [0.717, 1.165) is 85.5 Å². The van der Waals surface area contributed by atoms with Crippen LogP contribution in [0.5, 0.6) is 11.5 Å². The molecule has 6 heterocycles. The van der Waals surface area contributed by atoms with Crippen molar-refractivity contribution in [3.05, 3.63) is 58.7 Å². The van der Waals surface area contributed by atoms with Gasteiger partial charge in [-0.3, -0.25) is 60.5 Å². The standard InChI is InChI=1S/C32H45BN2O6.C16H18BN3O5.C9H14N2O2.C7H10N2O2.C6H11NO2.C4H8O2.C3H8N2O.C2H6O.CH3F.CH4O.CH4.BCl3.ClH.H4N2.Na.H2O/c1-9-22-17-23(35-34-22)18-24(36)16-21(33-40-27-15-20-14-26(31(20,5)6)32(27,7)41-33)13-19-11-10-12-25(28(19)38-8)29(37)39-30(2,3)4;18-8-12-6-11(19-20-12)7-13(21)5-10-4-9-2-1-3-14(16(22)23)15(9)25-17(10)24;1-3-7-5-8(11-10-7)6-9(12)13-4-2;1-2-5-3-6(9-8-5)4-7(10)11;1-3-9-6(7)4-5(2)8;1-3-4(5)6-2;1-2-3(6)5-4;1-2-3;2*1-2;;2-1(3)4;;1-2;;/h10-12,20-21,26-27H,9,13-18H2,1-8H3;1-3,10,24H,4-8,18H2,(H,22,23);3-6H2,1-2H3;2-4H2,1H3,(H,10,11);7H,3-4H2,1-2H3;3H2,1-2H3;2,4H2,1H3,(H,5,6);3H,2H2,1H3;1H3;2H,1H3;1H4;;1H;1-2H2;;1H2/q;;;;;;;;;;;;;;+1;/p-1/t20-,21+,26-,27+,32-;10-;;;;;;;;;;;;;;/m01............../s1/i;;;;;;;;1D;;;;;;;. The van der Waals surface area contributed by atoms with Crippen LogP contribution in [0.3, 0.4) is 0 Å². The van der Waals surface area contributed by atoms with E-state index in [-0.39, 0.29) is 182 Å². The molecule has 4 fully saturated rings. The molecule has 0 radical (unpaired) electrons. The second kappa shape index (κ2) is 71.3. The number of aliphatic hydroxyl groups excluding tert-OH is 2. The largest absolute Gasteiger partial charge is 1.00 e. The van der Waals surface area contributed by atoms with Gasteiger partial charge in [-0.2, -0.15) is 75.2 Å². The van der Waals surface area contributed by atoms with Gasteiger partial charge in [-0.15, -0.1) is 12.4 Å². The molecule has 11 rings (SSSR count). The quantitative estimate of drug-likeness (QED) is 0.00552. The number of aliphatic hydroxyl groups is 2. The summed E-state index contributed by atoms with van der Waals surface area (Å²) < 4.78 is 59.6. The van der Waals surface area contributed by atoms with Crippen LogP contribution in [0.15, 0.2) is 77.2 Å². The van der Waals surface area contributed by atoms with Gasteiger partial charge < -0.3 is 74.3 Å². The number of benzene rings is 2. The third-order valence-corrected chi connectivity index (χ3v) is 19.1. The van der Waals surface area contributed by atoms with Crippen LogP contribution in [0, 0.1) is 22.7 Å². The fourth-order valence-electron chi connectivity index (χ4n) is 13.3. The molecule has 16 N–H and O–H groups in total. The minimum atomic E-state index is -1.22. The number of amides is 1. The van der Waals surface area contributed by atoms with Crippen LogP contribution in [0.25, 0.3) is 0 Å². The van der Waals surface area contributed by atoms with Crippen LogP contribution < -0.4 is 67.6 Å². The van der Waals surface area contributed by atoms with E-state index in [0.29, 0.717) is 105 Å². The minimum Gasteiger partial charge on any atom is -0.870 e. The molecule has 3 saturated carbocycles. The Morgan fingerprint density at radius 1 is 0.734 bits per heavy atom. The van der Waals surface area contributed by atoms with E-state index in [1.807, 2.05) is 52.2 Å². The molecule has 1 amide bonds. The van der Waals surface area contributed by atoms with Gasteiger partial charge in [-0.1, -0.05) is 80.2 Å². The topological polar surface area (TPSA) is 597 Å². The van der Waals surface area contributed by atoms with Gasteiger partial charge in [0.15, 0.2) is 5.90 Å². The van der Waals surface area contributed by atoms with Crippen molar-refractivity contribution in [2.45, 2.75) is 269 Å². The third kappa shape index (κ3) is 49.2. The Hall–Kier alpha value is -7.42. The number of fused-ring (bicyclic) bond motifs is 1. The zero-order chi connectivity index (χ0) is 95.9. The number of nitrogens with two attached hydrogens (primary N) is 4. The summed E-state index contributed by atoms with van der Waals surface area (Å²) >= 11 is 14.4. The maximum Gasteiger partial charge on any atom is 1.00 e. The van der Waals surface area contributed by atoms with Crippen molar-refractivity contribution in [2.75, 3.05) is 54.8 Å². The predicted molar refractivity (Wildman–Crippen MR) is 500 cm³/mol. The maximum absolute atomic E-state index is 13.5. The average molecular weight is 1900 g/mol. The molecule has 1 saturated heterocycles. The smallest absolute Gasteiger partial charge is 0.870 e. The second-order valence-corrected chi connectivity index (χ2v) is 31.7. The second-order valence-electron chi connectivity index (χ2n) is 29.7. The number of alkyl halides is 1. The number of nitrogens with one attached hydrogen (secondary N) is 2. The Balaban J connectivity index is -0.000000368. The van der Waals surface area contributed by atoms with Crippen LogP contribution in [-0.4, -0.2) is 227 Å². The van der Waals surface area contributed by atoms with Crippen molar-refractivity contribution in [3.63, 3.8) is 0 Å². The van der Waals surface area contributed by atoms with Crippen molar-refractivity contribution in [2.24, 2.45) is 81.3 Å². The van der Waals surface area contributed by atoms with Crippen LogP contribution in [0.1, 0.15) is 260 Å². The minimum absolute atomic E-state index is 0. The van der Waals surface area contributed by atoms with Crippen molar-refractivity contribution in [3.8, 4) is 11.5 Å². The Kier molecular flexibility index (Phi) is 71.9. The normalized spacial score (nSPS) is 17.8. The van der Waals surface area contributed by atoms with Crippen molar-refractivity contribution < 1.29 is 147 Å². The summed E-state index contributed by atoms with van der Waals surface area (Å²) in [7, 11) is 1.18. The number of nitrogens with zero attached hydrogens (tertiary/aromatic N) is 8. The van der Waals surface area contributed by atoms with E-state index in [1.54, 1.807) is 59.9 Å². The molecule has 2 aromatic carbocycles. The molecule has 37 nitrogen and oxygen atoms in total. The van der Waals surface area contributed by atoms with E-state index in [1.165, 1.54) is 20.1 Å². The van der Waals surface area contributed by atoms with Crippen molar-refractivity contribution in [1.29, 1.82) is 5.41 Å². The first-order valence-corrected chi connectivity index (χ1v) is 41.8. The molecular weight excluding hydrogens is 1770 g/mol. The van der Waals surface area contributed by atoms with Crippen LogP contribution in [0.4, 0.5) is 4.39 Å². The van der Waals surface area contributed by atoms with Gasteiger partial charge in [0.1, 0.15) is 40.0 Å². The summed E-state index contributed by atoms with van der Waals surface area (Å²) in [6.45, 7) is 30.1. The number of halogens is 5. The number of carbonyl (C=O) groups is 9. The molecule has 0 unspecified atom stereocenters. The molecule has 6 aliphatic heterocycles. The number of para-hydroxylation sites is 2. The molecule has 9 aliphatic rings. The molecule has 2 bridgehead atoms. The molecule has 718 valence electrons. The van der Waals surface area contributed by atoms with Gasteiger partial charge >= 0.3 is 78.6 Å². The number of aromatic carboxylic acids is 1. The number of methoxy groups -OCH3 is 2. The Morgan fingerprint density at radius 2 is 1.20 bits per heavy atom. The molecule has 3 aliphatic carbocycles. The fraction of sp³-hybridized carbons (Fsp3) is 0.634. The number of ether oxygens (including phenoxy) is 5. The van der Waals surface area contributed by atoms with Gasteiger partial charge in [-0.25, -0.2) is 15.4 Å². The predicted octanol–water partition coefficient (Wildman–Crippen LogP) is 9.07. The van der Waals surface area contributed by atoms with E-state index in [2.05, 4.69) is 90.8 Å². The zero-order valence-corrected chi connectivity index (χ0v) is 81.8. The van der Waals surface area contributed by atoms with Gasteiger partial charge in [0.2, 0.25) is 5.91 Å². The SMILES string of the molecule is C.CCC(=O)NN.CCC(=O)OC.CCC1=NN=C(CC(=O)C[C@@H](Cc2cccc(C(=O)OC(C)(C)C)c2OC)B2O[C@@H]3C[C@@H]4C[C@@H](C4(C)C)[C@]3(C)O2)C1.CCC1=NN=C(CC(=O)O)C1.CCO.CCOC(=N)CC(C)=O.CCOC(=O)CC1=NN=C(CC)C1.CO.Cl.ClB(Cl)Cl.NCC1=NN=C(CC(=O)C[C@H]2Cc3cccc(C(=O)O)c3OB2O)C1.NN.[2H]CF.[Na+].[OH-]. The Morgan fingerprint density at radius 3 is 1.59 bits per heavy atom. The number of hydrazine groups is 2. The molecule has 0 aromatic heterocycles. The molecule has 0 spiro atoms. The van der Waals surface area contributed by atoms with Gasteiger partial charge in [-0.05, 0) is 141 Å². The molecule has 46 heteroatoms. The number of carbonyl (C=O) groups excluding carboxylic acids is 7. The summed E-state index contributed by atoms with van der Waals surface area (Å²) in [6.07, 6.45) is 10.3. The summed E-state index contributed by atoms with van der Waals surface area (Å²) in [5.74, 6) is 10.8. The van der Waals surface area contributed by atoms with E-state index < -0.39 is 55.7 Å². The average Bonchev–Trinajstić information content (AvgIpc) is 1.56. The van der Waals surface area contributed by atoms with E-state index in [4.69, 9.17) is 95.1 Å². The summed E-state index contributed by atoms with van der Waals surface area (Å²) in [5, 5.41) is 81.1. The molecule has 6 atom stereocenters. The maximum atomic E-state index is 13.5. The first kappa shape index (κ1) is 129. The summed E-state index contributed by atoms with van der Waals surface area (Å²) in [6, 6.07) is 10.3. The monoisotopic (exact) mass is 1900 g/mol. The van der Waals surface area contributed by atoms with Crippen LogP contribution in [-0.2, 0) is 74.7 Å². The van der Waals surface area contributed by atoms with Crippen molar-refractivity contribution >= 4 is 171 Å². The number of ketones is 3. The summed E-state index contributed by atoms with van der Waals surface area (Å²) in [5.41, 5.74) is 15.3. The Labute approximate surface area is 798 Å². The van der Waals surface area contributed by atoms with Gasteiger partial charge in [0, 0.05) is 113 Å². The van der Waals surface area contributed by atoms with E-state index in [9.17, 15) is 57.7 Å². The molecule has 128 heavy (non-hydrogen) atoms. The third-order valence-electron chi connectivity index (χ3n) is 19.1. The van der Waals surface area contributed by atoms with Crippen molar-refractivity contribution in [1.82, 2.24) is 5.43 Å². The number of Topliss-reactive ketones (excluding diaryl/α,β-unsaturated/α-hetero) is 3. The molecular formula is C82H137B3Cl4FN14NaO23. The fourth-order valence-corrected chi connectivity index (χ4v) is 13.3. The number of aliphatic carboxylic acids is 1. The number of carboxylic acids is 2. The zero-order valence-electron chi connectivity index (χ0n) is 77.7. The number of rotatable bonds is 28. The number of hydrogen-bond acceptors (Lipinski definition) is 34. The number of carboxylic acid groups (broad SMARTS) is 2. The van der Waals surface area contributed by atoms with Crippen LogP contribution in [0.2, 0.25) is 11.6 Å². The van der Waals surface area contributed by atoms with E-state index >= 15 is 0 Å². The molecule has 2 aromatic rings. The number of esters is 3. The first-order valence-electron chi connectivity index (χ1n) is 41.2. The van der Waals surface area contributed by atoms with Crippen LogP contribution >= 0.6 is 46.8 Å².